The zero-order chi connectivity index (χ0) is 12.5. The van der Waals surface area contributed by atoms with E-state index in [4.69, 9.17) is 5.73 Å². The summed E-state index contributed by atoms with van der Waals surface area (Å²) in [5, 5.41) is 6.90. The Morgan fingerprint density at radius 3 is 3.06 bits per heavy atom. The van der Waals surface area contributed by atoms with Gasteiger partial charge >= 0.3 is 0 Å². The van der Waals surface area contributed by atoms with Crippen molar-refractivity contribution in [3.05, 3.63) is 11.8 Å². The van der Waals surface area contributed by atoms with Crippen LogP contribution in [0.3, 0.4) is 0 Å². The van der Waals surface area contributed by atoms with Crippen LogP contribution in [0.4, 0.5) is 5.82 Å². The normalized spacial score (nSPS) is 23.9. The van der Waals surface area contributed by atoms with Gasteiger partial charge in [0.1, 0.15) is 11.4 Å². The molecule has 1 saturated heterocycles. The Labute approximate surface area is 105 Å². The molecule has 0 radical (unpaired) electrons. The quantitative estimate of drug-likeness (QED) is 0.844. The number of rotatable bonds is 3. The van der Waals surface area contributed by atoms with E-state index in [1.165, 1.54) is 23.1 Å². The number of nitrogens with zero attached hydrogens (tertiary/aromatic N) is 2. The average molecular weight is 254 g/mol. The predicted octanol–water partition coefficient (Wildman–Crippen LogP) is 1.02. The molecule has 1 amide bonds. The number of aromatic nitrogens is 2. The highest BCUT2D eigenvalue weighted by molar-refractivity contribution is 8.00. The monoisotopic (exact) mass is 254 g/mol. The van der Waals surface area contributed by atoms with E-state index in [2.05, 4.69) is 17.3 Å². The number of carbonyl (C=O) groups is 1. The van der Waals surface area contributed by atoms with Crippen LogP contribution in [0.25, 0.3) is 0 Å². The number of anilines is 1. The first-order valence-corrected chi connectivity index (χ1v) is 6.70. The van der Waals surface area contributed by atoms with Gasteiger partial charge in [-0.25, -0.2) is 0 Å². The molecule has 6 heteroatoms. The largest absolute Gasteiger partial charge is 0.383 e. The fraction of sp³-hybridized carbons (Fsp3) is 0.636. The molecule has 5 nitrogen and oxygen atoms in total. The fourth-order valence-corrected chi connectivity index (χ4v) is 3.21. The van der Waals surface area contributed by atoms with Crippen LogP contribution < -0.4 is 11.1 Å². The van der Waals surface area contributed by atoms with Crippen molar-refractivity contribution in [2.75, 3.05) is 18.0 Å². The lowest BCUT2D eigenvalue weighted by atomic mass is 10.1. The summed E-state index contributed by atoms with van der Waals surface area (Å²) in [5.41, 5.74) is 6.21. The van der Waals surface area contributed by atoms with Crippen LogP contribution in [-0.4, -0.2) is 32.7 Å². The summed E-state index contributed by atoms with van der Waals surface area (Å²) in [4.78, 5) is 11.9. The highest BCUT2D eigenvalue weighted by Crippen LogP contribution is 2.36. The van der Waals surface area contributed by atoms with Crippen LogP contribution in [0.5, 0.6) is 0 Å². The molecule has 1 aliphatic heterocycles. The van der Waals surface area contributed by atoms with E-state index in [1.807, 2.05) is 11.8 Å². The summed E-state index contributed by atoms with van der Waals surface area (Å²) < 4.78 is 1.67. The molecule has 0 spiro atoms. The Bertz CT molecular complexity index is 423. The zero-order valence-electron chi connectivity index (χ0n) is 10.2. The molecule has 17 heavy (non-hydrogen) atoms. The number of thioether (sulfide) groups is 1. The third-order valence-corrected chi connectivity index (χ3v) is 4.69. The molecule has 2 heterocycles. The minimum absolute atomic E-state index is 0.135. The fourth-order valence-electron chi connectivity index (χ4n) is 1.96. The number of hydrogen-bond acceptors (Lipinski definition) is 4. The van der Waals surface area contributed by atoms with Crippen LogP contribution in [0, 0.1) is 0 Å². The average Bonchev–Trinajstić information content (AvgIpc) is 2.86. The molecule has 0 aromatic carbocycles. The van der Waals surface area contributed by atoms with Gasteiger partial charge < -0.3 is 11.1 Å². The maximum absolute atomic E-state index is 11.9. The van der Waals surface area contributed by atoms with E-state index in [0.29, 0.717) is 17.9 Å². The van der Waals surface area contributed by atoms with Crippen molar-refractivity contribution in [1.82, 2.24) is 15.1 Å². The van der Waals surface area contributed by atoms with Gasteiger partial charge in [0.05, 0.1) is 6.20 Å². The van der Waals surface area contributed by atoms with Gasteiger partial charge in [-0.05, 0) is 25.5 Å². The maximum Gasteiger partial charge on any atom is 0.256 e. The Hall–Kier alpha value is -1.17. The molecular weight excluding hydrogens is 236 g/mol. The number of amides is 1. The van der Waals surface area contributed by atoms with Crippen LogP contribution in [0.1, 0.15) is 30.1 Å². The molecule has 0 saturated carbocycles. The van der Waals surface area contributed by atoms with E-state index < -0.39 is 0 Å². The summed E-state index contributed by atoms with van der Waals surface area (Å²) in [6, 6.07) is 0. The van der Waals surface area contributed by atoms with Crippen molar-refractivity contribution in [2.45, 2.75) is 24.5 Å². The van der Waals surface area contributed by atoms with E-state index in [-0.39, 0.29) is 10.7 Å². The van der Waals surface area contributed by atoms with Gasteiger partial charge in [0.25, 0.3) is 5.91 Å². The first kappa shape index (κ1) is 12.3. The van der Waals surface area contributed by atoms with Gasteiger partial charge in [-0.2, -0.15) is 16.9 Å². The van der Waals surface area contributed by atoms with Gasteiger partial charge in [-0.3, -0.25) is 9.48 Å². The van der Waals surface area contributed by atoms with Gasteiger partial charge in [0, 0.05) is 18.3 Å². The minimum atomic E-state index is -0.135. The van der Waals surface area contributed by atoms with Crippen LogP contribution >= 0.6 is 11.8 Å². The molecule has 3 N–H and O–H groups in total. The van der Waals surface area contributed by atoms with E-state index in [9.17, 15) is 4.79 Å². The summed E-state index contributed by atoms with van der Waals surface area (Å²) in [6.45, 7) is 2.88. The Balaban J connectivity index is 1.96. The molecule has 1 aromatic heterocycles. The third-order valence-electron chi connectivity index (χ3n) is 3.15. The molecule has 0 bridgehead atoms. The van der Waals surface area contributed by atoms with Crippen molar-refractivity contribution < 1.29 is 4.79 Å². The van der Waals surface area contributed by atoms with Gasteiger partial charge in [-0.1, -0.05) is 0 Å². The summed E-state index contributed by atoms with van der Waals surface area (Å²) in [7, 11) is 1.72. The second kappa shape index (κ2) is 4.60. The van der Waals surface area contributed by atoms with Gasteiger partial charge in [0.2, 0.25) is 0 Å². The highest BCUT2D eigenvalue weighted by atomic mass is 32.2. The smallest absolute Gasteiger partial charge is 0.256 e. The number of carbonyl (C=O) groups excluding carboxylic acids is 1. The SMILES string of the molecule is Cn1ncc(C(=O)NCC2(C)CCCS2)c1N. The summed E-state index contributed by atoms with van der Waals surface area (Å²) >= 11 is 1.92. The number of hydrogen-bond donors (Lipinski definition) is 2. The number of nitrogens with two attached hydrogens (primary N) is 1. The molecule has 2 rings (SSSR count). The topological polar surface area (TPSA) is 72.9 Å². The summed E-state index contributed by atoms with van der Waals surface area (Å²) in [5.74, 6) is 1.46. The predicted molar refractivity (Wildman–Crippen MR) is 70.1 cm³/mol. The molecule has 1 aliphatic rings. The maximum atomic E-state index is 11.9. The van der Waals surface area contributed by atoms with Crippen molar-refractivity contribution in [1.29, 1.82) is 0 Å². The van der Waals surface area contributed by atoms with Crippen LogP contribution in [0.15, 0.2) is 6.20 Å². The molecule has 94 valence electrons. The van der Waals surface area contributed by atoms with Crippen molar-refractivity contribution in [3.8, 4) is 0 Å². The van der Waals surface area contributed by atoms with E-state index in [0.717, 1.165) is 6.42 Å². The van der Waals surface area contributed by atoms with Crippen LogP contribution in [0.2, 0.25) is 0 Å². The van der Waals surface area contributed by atoms with E-state index in [1.54, 1.807) is 7.05 Å². The number of nitrogen functional groups attached to an aromatic ring is 1. The second-order valence-electron chi connectivity index (χ2n) is 4.65. The van der Waals surface area contributed by atoms with Crippen molar-refractivity contribution in [2.24, 2.45) is 7.05 Å². The molecule has 1 aromatic rings. The lowest BCUT2D eigenvalue weighted by Crippen LogP contribution is -2.36. The Morgan fingerprint density at radius 2 is 2.53 bits per heavy atom. The molecular formula is C11H18N4OS. The van der Waals surface area contributed by atoms with Crippen LogP contribution in [-0.2, 0) is 7.05 Å². The Morgan fingerprint density at radius 1 is 1.76 bits per heavy atom. The summed E-state index contributed by atoms with van der Waals surface area (Å²) in [6.07, 6.45) is 3.89. The minimum Gasteiger partial charge on any atom is -0.383 e. The zero-order valence-corrected chi connectivity index (χ0v) is 11.0. The molecule has 1 atom stereocenters. The lowest BCUT2D eigenvalue weighted by molar-refractivity contribution is 0.0951. The molecule has 1 fully saturated rings. The first-order valence-electron chi connectivity index (χ1n) is 5.71. The van der Waals surface area contributed by atoms with Gasteiger partial charge in [0.15, 0.2) is 0 Å². The third kappa shape index (κ3) is 2.57. The van der Waals surface area contributed by atoms with Gasteiger partial charge in [-0.15, -0.1) is 0 Å². The van der Waals surface area contributed by atoms with E-state index >= 15 is 0 Å². The number of nitrogens with one attached hydrogen (secondary N) is 1. The van der Waals surface area contributed by atoms with Crippen molar-refractivity contribution in [3.63, 3.8) is 0 Å². The second-order valence-corrected chi connectivity index (χ2v) is 6.33. The lowest BCUT2D eigenvalue weighted by Gasteiger charge is -2.22. The van der Waals surface area contributed by atoms with Crippen molar-refractivity contribution >= 4 is 23.5 Å². The molecule has 1 unspecified atom stereocenters. The number of aryl methyl sites for hydroxylation is 1. The highest BCUT2D eigenvalue weighted by Gasteiger charge is 2.30. The molecule has 0 aliphatic carbocycles. The Kier molecular flexibility index (Phi) is 3.33. The first-order chi connectivity index (χ1) is 8.02. The standard InChI is InChI=1S/C11H18N4OS/c1-11(4-3-5-17-11)7-13-10(16)8-6-14-15(2)9(8)12/h6H,3-5,7,12H2,1-2H3,(H,13,16).